The van der Waals surface area contributed by atoms with Gasteiger partial charge in [-0.05, 0) is 37.8 Å². The highest BCUT2D eigenvalue weighted by Crippen LogP contribution is 2.32. The Morgan fingerprint density at radius 3 is 2.42 bits per heavy atom. The molecule has 0 radical (unpaired) electrons. The minimum absolute atomic E-state index is 0.237. The number of rotatable bonds is 6. The van der Waals surface area contributed by atoms with E-state index in [-0.39, 0.29) is 7.92 Å². The number of anilines is 5. The Bertz CT molecular complexity index is 1040. The summed E-state index contributed by atoms with van der Waals surface area (Å²) in [6.07, 6.45) is 3.51. The summed E-state index contributed by atoms with van der Waals surface area (Å²) in [5.74, 6) is 1.46. The number of hydrogen-bond donors (Lipinski definition) is 2. The van der Waals surface area contributed by atoms with E-state index in [0.717, 1.165) is 43.4 Å². The molecule has 4 rings (SSSR count). The van der Waals surface area contributed by atoms with Crippen molar-refractivity contribution >= 4 is 53.5 Å². The van der Waals surface area contributed by atoms with Gasteiger partial charge in [0.25, 0.3) is 0 Å². The van der Waals surface area contributed by atoms with E-state index >= 15 is 0 Å². The van der Waals surface area contributed by atoms with E-state index in [1.165, 1.54) is 11.0 Å². The number of benzene rings is 1. The molecule has 31 heavy (non-hydrogen) atoms. The van der Waals surface area contributed by atoms with Gasteiger partial charge in [-0.1, -0.05) is 37.7 Å². The van der Waals surface area contributed by atoms with Gasteiger partial charge >= 0.3 is 0 Å². The third kappa shape index (κ3) is 5.45. The maximum absolute atomic E-state index is 6.45. The first-order valence-corrected chi connectivity index (χ1v) is 13.0. The number of likely N-dealkylation sites (N-methyl/N-ethyl adjacent to an activating group) is 1. The second-order valence-corrected chi connectivity index (χ2v) is 10.6. The van der Waals surface area contributed by atoms with Crippen LogP contribution in [-0.2, 0) is 0 Å². The quantitative estimate of drug-likeness (QED) is 0.525. The van der Waals surface area contributed by atoms with Crippen molar-refractivity contribution in [3.05, 3.63) is 59.9 Å². The molecule has 0 unspecified atom stereocenters. The molecule has 1 aliphatic rings. The monoisotopic (exact) mass is 454 g/mol. The third-order valence-corrected chi connectivity index (χ3v) is 7.03. The molecule has 1 aliphatic heterocycles. The summed E-state index contributed by atoms with van der Waals surface area (Å²) in [7, 11) is 1.92. The van der Waals surface area contributed by atoms with Gasteiger partial charge in [-0.25, -0.2) is 9.97 Å². The highest BCUT2D eigenvalue weighted by molar-refractivity contribution is 7.64. The van der Waals surface area contributed by atoms with Crippen LogP contribution in [0.1, 0.15) is 0 Å². The van der Waals surface area contributed by atoms with Gasteiger partial charge in [-0.2, -0.15) is 0 Å². The highest BCUT2D eigenvalue weighted by Gasteiger charge is 2.15. The average molecular weight is 455 g/mol. The zero-order valence-corrected chi connectivity index (χ0v) is 19.8. The Kier molecular flexibility index (Phi) is 6.91. The smallest absolute Gasteiger partial charge is 0.133 e. The number of aromatic nitrogens is 2. The summed E-state index contributed by atoms with van der Waals surface area (Å²) in [4.78, 5) is 13.7. The van der Waals surface area contributed by atoms with Gasteiger partial charge in [0.15, 0.2) is 0 Å². The van der Waals surface area contributed by atoms with Crippen LogP contribution in [0.3, 0.4) is 0 Å². The molecular formula is C23H28ClN6P. The summed E-state index contributed by atoms with van der Waals surface area (Å²) < 4.78 is 0. The molecule has 0 bridgehead atoms. The van der Waals surface area contributed by atoms with Crippen LogP contribution < -0.4 is 20.8 Å². The van der Waals surface area contributed by atoms with Crippen molar-refractivity contribution in [2.24, 2.45) is 0 Å². The summed E-state index contributed by atoms with van der Waals surface area (Å²) in [6.45, 7) is 8.66. The molecule has 0 atom stereocenters. The SMILES string of the molecule is CN1CCN(c2ccnc(Nc3cc(Nc4ccccc4P(C)C)c(Cl)cn3)c2)CC1. The van der Waals surface area contributed by atoms with Crippen molar-refractivity contribution in [1.29, 1.82) is 0 Å². The number of nitrogens with zero attached hydrogens (tertiary/aromatic N) is 4. The molecule has 162 valence electrons. The van der Waals surface area contributed by atoms with E-state index in [1.54, 1.807) is 6.20 Å². The lowest BCUT2D eigenvalue weighted by atomic mass is 10.2. The van der Waals surface area contributed by atoms with Crippen LogP contribution in [0, 0.1) is 0 Å². The van der Waals surface area contributed by atoms with Gasteiger partial charge in [0.2, 0.25) is 0 Å². The second-order valence-electron chi connectivity index (χ2n) is 7.90. The zero-order valence-electron chi connectivity index (χ0n) is 18.1. The predicted molar refractivity (Wildman–Crippen MR) is 135 cm³/mol. The fraction of sp³-hybridized carbons (Fsp3) is 0.304. The van der Waals surface area contributed by atoms with Crippen LogP contribution in [0.15, 0.2) is 54.9 Å². The van der Waals surface area contributed by atoms with Crippen LogP contribution in [-0.4, -0.2) is 61.4 Å². The standard InChI is InChI=1S/C23H28ClN6P/c1-29-10-12-30(13-11-29)17-8-9-25-22(14-17)28-23-15-20(18(24)16-26-23)27-19-6-4-5-7-21(19)31(2)3/h4-9,14-16H,10-13H2,1-3H3,(H2,25,26,27,28). The normalized spacial score (nSPS) is 14.7. The first kappa shape index (κ1) is 21.8. The molecule has 6 nitrogen and oxygen atoms in total. The van der Waals surface area contributed by atoms with E-state index in [2.05, 4.69) is 81.1 Å². The molecule has 1 aromatic carbocycles. The van der Waals surface area contributed by atoms with E-state index in [0.29, 0.717) is 10.8 Å². The number of nitrogens with one attached hydrogen (secondary N) is 2. The van der Waals surface area contributed by atoms with Crippen LogP contribution in [0.4, 0.5) is 28.7 Å². The molecule has 8 heteroatoms. The fourth-order valence-corrected chi connectivity index (χ4v) is 4.74. The van der Waals surface area contributed by atoms with Gasteiger partial charge in [0, 0.05) is 55.9 Å². The molecule has 0 amide bonds. The van der Waals surface area contributed by atoms with Crippen LogP contribution in [0.2, 0.25) is 5.02 Å². The van der Waals surface area contributed by atoms with Gasteiger partial charge in [-0.3, -0.25) is 0 Å². The Morgan fingerprint density at radius 2 is 1.65 bits per heavy atom. The van der Waals surface area contributed by atoms with E-state index < -0.39 is 0 Å². The number of halogens is 1. The van der Waals surface area contributed by atoms with Crippen LogP contribution in [0.25, 0.3) is 0 Å². The molecule has 0 aliphatic carbocycles. The van der Waals surface area contributed by atoms with Crippen LogP contribution in [0.5, 0.6) is 0 Å². The lowest BCUT2D eigenvalue weighted by Gasteiger charge is -2.34. The van der Waals surface area contributed by atoms with Gasteiger partial charge in [-0.15, -0.1) is 0 Å². The third-order valence-electron chi connectivity index (χ3n) is 5.38. The van der Waals surface area contributed by atoms with Gasteiger partial charge in [0.05, 0.1) is 16.9 Å². The number of hydrogen-bond acceptors (Lipinski definition) is 6. The minimum atomic E-state index is -0.237. The van der Waals surface area contributed by atoms with Crippen molar-refractivity contribution in [3.63, 3.8) is 0 Å². The topological polar surface area (TPSA) is 56.3 Å². The fourth-order valence-electron chi connectivity index (χ4n) is 3.60. The molecule has 2 aromatic heterocycles. The maximum Gasteiger partial charge on any atom is 0.133 e. The maximum atomic E-state index is 6.45. The lowest BCUT2D eigenvalue weighted by molar-refractivity contribution is 0.313. The number of pyridine rings is 2. The van der Waals surface area contributed by atoms with Crippen molar-refractivity contribution in [3.8, 4) is 0 Å². The molecule has 3 aromatic rings. The number of piperazine rings is 1. The molecule has 2 N–H and O–H groups in total. The van der Waals surface area contributed by atoms with Crippen molar-refractivity contribution < 1.29 is 0 Å². The molecule has 0 saturated carbocycles. The van der Waals surface area contributed by atoms with Crippen LogP contribution >= 0.6 is 19.5 Å². The summed E-state index contributed by atoms with van der Waals surface area (Å²) in [5.41, 5.74) is 3.07. The summed E-state index contributed by atoms with van der Waals surface area (Å²) in [6, 6.07) is 14.4. The molecule has 3 heterocycles. The Labute approximate surface area is 190 Å². The first-order valence-electron chi connectivity index (χ1n) is 10.3. The second kappa shape index (κ2) is 9.82. The van der Waals surface area contributed by atoms with E-state index in [1.807, 2.05) is 18.3 Å². The van der Waals surface area contributed by atoms with Crippen molar-refractivity contribution in [2.75, 3.05) is 62.1 Å². The van der Waals surface area contributed by atoms with E-state index in [9.17, 15) is 0 Å². The summed E-state index contributed by atoms with van der Waals surface area (Å²) in [5, 5.41) is 8.70. The van der Waals surface area contributed by atoms with Gasteiger partial charge < -0.3 is 20.4 Å². The highest BCUT2D eigenvalue weighted by atomic mass is 35.5. The summed E-state index contributed by atoms with van der Waals surface area (Å²) >= 11 is 6.45. The first-order chi connectivity index (χ1) is 15.0. The molecular weight excluding hydrogens is 427 g/mol. The Hall–Kier alpha value is -2.40. The van der Waals surface area contributed by atoms with Crippen molar-refractivity contribution in [2.45, 2.75) is 0 Å². The Morgan fingerprint density at radius 1 is 0.903 bits per heavy atom. The average Bonchev–Trinajstić information content (AvgIpc) is 2.77. The number of para-hydroxylation sites is 1. The minimum Gasteiger partial charge on any atom is -0.369 e. The molecule has 1 fully saturated rings. The molecule has 0 spiro atoms. The van der Waals surface area contributed by atoms with Crippen molar-refractivity contribution in [1.82, 2.24) is 14.9 Å². The van der Waals surface area contributed by atoms with E-state index in [4.69, 9.17) is 11.6 Å². The zero-order chi connectivity index (χ0) is 21.8. The predicted octanol–water partition coefficient (Wildman–Crippen LogP) is 4.74. The largest absolute Gasteiger partial charge is 0.369 e. The Balaban J connectivity index is 1.52. The molecule has 1 saturated heterocycles. The van der Waals surface area contributed by atoms with Gasteiger partial charge in [0.1, 0.15) is 11.6 Å². The lowest BCUT2D eigenvalue weighted by Crippen LogP contribution is -2.44.